The molecule has 1 aromatic rings. The molecular weight excluding hydrogens is 320 g/mol. The summed E-state index contributed by atoms with van der Waals surface area (Å²) in [6.07, 6.45) is 0. The molecule has 0 radical (unpaired) electrons. The highest BCUT2D eigenvalue weighted by atomic mass is 16.5. The number of rotatable bonds is 4. The second kappa shape index (κ2) is 8.31. The van der Waals surface area contributed by atoms with Gasteiger partial charge in [0.2, 0.25) is 11.8 Å². The van der Waals surface area contributed by atoms with E-state index in [-0.39, 0.29) is 11.8 Å². The summed E-state index contributed by atoms with van der Waals surface area (Å²) < 4.78 is 5.36. The van der Waals surface area contributed by atoms with E-state index in [9.17, 15) is 9.59 Å². The molecule has 7 heteroatoms. The molecule has 0 bridgehead atoms. The molecule has 7 nitrogen and oxygen atoms in total. The molecule has 0 spiro atoms. The average Bonchev–Trinajstić information content (AvgIpc) is 2.63. The minimum Gasteiger partial charge on any atom is -0.378 e. The minimum atomic E-state index is -0.0182. The van der Waals surface area contributed by atoms with E-state index in [1.165, 1.54) is 0 Å². The molecule has 2 saturated heterocycles. The first kappa shape index (κ1) is 17.7. The Labute approximate surface area is 148 Å². The number of hydrogen-bond donors (Lipinski definition) is 1. The Balaban J connectivity index is 1.45. The molecular formula is C18H26N4O3. The van der Waals surface area contributed by atoms with Crippen LogP contribution in [-0.2, 0) is 14.3 Å². The van der Waals surface area contributed by atoms with E-state index >= 15 is 0 Å². The molecule has 2 aliphatic heterocycles. The molecule has 2 fully saturated rings. The van der Waals surface area contributed by atoms with Gasteiger partial charge in [-0.15, -0.1) is 0 Å². The van der Waals surface area contributed by atoms with Gasteiger partial charge in [-0.1, -0.05) is 0 Å². The fraction of sp³-hybridized carbons (Fsp3) is 0.556. The van der Waals surface area contributed by atoms with Crippen LogP contribution in [0.5, 0.6) is 0 Å². The van der Waals surface area contributed by atoms with Crippen molar-refractivity contribution in [2.45, 2.75) is 6.92 Å². The van der Waals surface area contributed by atoms with Crippen LogP contribution in [0.4, 0.5) is 11.4 Å². The topological polar surface area (TPSA) is 65.1 Å². The number of benzene rings is 1. The predicted octanol–water partition coefficient (Wildman–Crippen LogP) is 0.626. The van der Waals surface area contributed by atoms with Gasteiger partial charge < -0.3 is 19.9 Å². The fourth-order valence-corrected chi connectivity index (χ4v) is 3.20. The van der Waals surface area contributed by atoms with Gasteiger partial charge in [-0.2, -0.15) is 0 Å². The van der Waals surface area contributed by atoms with Gasteiger partial charge in [0.1, 0.15) is 0 Å². The van der Waals surface area contributed by atoms with Crippen molar-refractivity contribution in [2.24, 2.45) is 0 Å². The second-order valence-electron chi connectivity index (χ2n) is 6.48. The Kier molecular flexibility index (Phi) is 5.88. The third-order valence-corrected chi connectivity index (χ3v) is 4.71. The Hall–Kier alpha value is -2.12. The van der Waals surface area contributed by atoms with Gasteiger partial charge in [-0.3, -0.25) is 14.5 Å². The van der Waals surface area contributed by atoms with Crippen LogP contribution in [0, 0.1) is 0 Å². The quantitative estimate of drug-likeness (QED) is 0.866. The SMILES string of the molecule is CC(=O)N1CCN(CC(=O)Nc2ccc(N3CCOCC3)cc2)CC1. The standard InChI is InChI=1S/C18H26N4O3/c1-15(23)21-8-6-20(7-9-21)14-18(24)19-16-2-4-17(5-3-16)22-10-12-25-13-11-22/h2-5H,6-14H2,1H3,(H,19,24). The van der Waals surface area contributed by atoms with Gasteiger partial charge in [-0.05, 0) is 24.3 Å². The van der Waals surface area contributed by atoms with Crippen LogP contribution in [0.15, 0.2) is 24.3 Å². The van der Waals surface area contributed by atoms with Crippen molar-refractivity contribution in [1.82, 2.24) is 9.80 Å². The molecule has 136 valence electrons. The number of nitrogens with zero attached hydrogens (tertiary/aromatic N) is 3. The molecule has 25 heavy (non-hydrogen) atoms. The maximum Gasteiger partial charge on any atom is 0.238 e. The van der Waals surface area contributed by atoms with E-state index in [1.807, 2.05) is 29.2 Å². The van der Waals surface area contributed by atoms with Gasteiger partial charge in [0.05, 0.1) is 19.8 Å². The molecule has 3 rings (SSSR count). The summed E-state index contributed by atoms with van der Waals surface area (Å²) in [5.41, 5.74) is 1.96. The van der Waals surface area contributed by atoms with E-state index in [0.29, 0.717) is 19.6 Å². The predicted molar refractivity (Wildman–Crippen MR) is 96.8 cm³/mol. The lowest BCUT2D eigenvalue weighted by Gasteiger charge is -2.33. The highest BCUT2D eigenvalue weighted by molar-refractivity contribution is 5.92. The number of carbonyl (C=O) groups is 2. The van der Waals surface area contributed by atoms with E-state index in [2.05, 4.69) is 15.1 Å². The summed E-state index contributed by atoms with van der Waals surface area (Å²) in [6, 6.07) is 7.95. The van der Waals surface area contributed by atoms with Gasteiger partial charge in [-0.25, -0.2) is 0 Å². The van der Waals surface area contributed by atoms with Crippen molar-refractivity contribution < 1.29 is 14.3 Å². The molecule has 2 aliphatic rings. The number of morpholine rings is 1. The fourth-order valence-electron chi connectivity index (χ4n) is 3.20. The number of carbonyl (C=O) groups excluding carboxylic acids is 2. The van der Waals surface area contributed by atoms with E-state index in [1.54, 1.807) is 6.92 Å². The summed E-state index contributed by atoms with van der Waals surface area (Å²) in [4.78, 5) is 29.7. The van der Waals surface area contributed by atoms with Gasteiger partial charge in [0.25, 0.3) is 0 Å². The number of nitrogens with one attached hydrogen (secondary N) is 1. The molecule has 2 amide bonds. The average molecular weight is 346 g/mol. The van der Waals surface area contributed by atoms with Crippen LogP contribution >= 0.6 is 0 Å². The first-order chi connectivity index (χ1) is 12.1. The lowest BCUT2D eigenvalue weighted by atomic mass is 10.2. The highest BCUT2D eigenvalue weighted by Crippen LogP contribution is 2.19. The van der Waals surface area contributed by atoms with Crippen LogP contribution in [0.2, 0.25) is 0 Å². The van der Waals surface area contributed by atoms with Crippen molar-refractivity contribution in [1.29, 1.82) is 0 Å². The molecule has 0 aromatic heterocycles. The molecule has 0 unspecified atom stereocenters. The summed E-state index contributed by atoms with van der Waals surface area (Å²) in [7, 11) is 0. The van der Waals surface area contributed by atoms with E-state index in [0.717, 1.165) is 50.8 Å². The Morgan fingerprint density at radius 3 is 2.24 bits per heavy atom. The third kappa shape index (κ3) is 4.93. The summed E-state index contributed by atoms with van der Waals surface area (Å²) >= 11 is 0. The van der Waals surface area contributed by atoms with Crippen LogP contribution in [0.1, 0.15) is 6.92 Å². The maximum absolute atomic E-state index is 12.2. The van der Waals surface area contributed by atoms with Crippen molar-refractivity contribution >= 4 is 23.2 Å². The summed E-state index contributed by atoms with van der Waals surface area (Å²) in [5, 5.41) is 2.95. The Morgan fingerprint density at radius 2 is 1.64 bits per heavy atom. The van der Waals surface area contributed by atoms with Gasteiger partial charge in [0, 0.05) is 57.6 Å². The van der Waals surface area contributed by atoms with E-state index < -0.39 is 0 Å². The van der Waals surface area contributed by atoms with Crippen LogP contribution in [0.25, 0.3) is 0 Å². The van der Waals surface area contributed by atoms with Crippen LogP contribution < -0.4 is 10.2 Å². The second-order valence-corrected chi connectivity index (χ2v) is 6.48. The number of amides is 2. The van der Waals surface area contributed by atoms with Crippen LogP contribution in [-0.4, -0.2) is 80.6 Å². The number of ether oxygens (including phenoxy) is 1. The number of anilines is 2. The molecule has 1 aromatic carbocycles. The van der Waals surface area contributed by atoms with Crippen LogP contribution in [0.3, 0.4) is 0 Å². The third-order valence-electron chi connectivity index (χ3n) is 4.71. The largest absolute Gasteiger partial charge is 0.378 e. The lowest BCUT2D eigenvalue weighted by molar-refractivity contribution is -0.130. The first-order valence-corrected chi connectivity index (χ1v) is 8.82. The maximum atomic E-state index is 12.2. The van der Waals surface area contributed by atoms with Gasteiger partial charge >= 0.3 is 0 Å². The summed E-state index contributed by atoms with van der Waals surface area (Å²) in [5.74, 6) is 0.0832. The minimum absolute atomic E-state index is 0.0182. The molecule has 1 N–H and O–H groups in total. The zero-order chi connectivity index (χ0) is 17.6. The summed E-state index contributed by atoms with van der Waals surface area (Å²) in [6.45, 7) is 8.13. The highest BCUT2D eigenvalue weighted by Gasteiger charge is 2.20. The zero-order valence-electron chi connectivity index (χ0n) is 14.7. The molecule has 2 heterocycles. The Bertz CT molecular complexity index is 591. The lowest BCUT2D eigenvalue weighted by Crippen LogP contribution is -2.49. The molecule has 0 saturated carbocycles. The molecule has 0 atom stereocenters. The first-order valence-electron chi connectivity index (χ1n) is 8.82. The zero-order valence-corrected chi connectivity index (χ0v) is 14.7. The van der Waals surface area contributed by atoms with E-state index in [4.69, 9.17) is 4.74 Å². The Morgan fingerprint density at radius 1 is 1.00 bits per heavy atom. The number of hydrogen-bond acceptors (Lipinski definition) is 5. The monoisotopic (exact) mass is 346 g/mol. The normalized spacial score (nSPS) is 18.9. The van der Waals surface area contributed by atoms with Crippen molar-refractivity contribution in [3.05, 3.63) is 24.3 Å². The number of piperazine rings is 1. The van der Waals surface area contributed by atoms with Crippen molar-refractivity contribution in [2.75, 3.05) is 69.2 Å². The molecule has 0 aliphatic carbocycles. The van der Waals surface area contributed by atoms with Gasteiger partial charge in [0.15, 0.2) is 0 Å². The smallest absolute Gasteiger partial charge is 0.238 e. The van der Waals surface area contributed by atoms with Crippen molar-refractivity contribution in [3.63, 3.8) is 0 Å². The van der Waals surface area contributed by atoms with Crippen molar-refractivity contribution in [3.8, 4) is 0 Å².